The van der Waals surface area contributed by atoms with Gasteiger partial charge in [-0.15, -0.1) is 0 Å². The molecule has 3 rings (SSSR count). The van der Waals surface area contributed by atoms with Crippen LogP contribution in [0.2, 0.25) is 0 Å². The highest BCUT2D eigenvalue weighted by Gasteiger charge is 2.50. The maximum atomic E-state index is 12.7. The lowest BCUT2D eigenvalue weighted by Gasteiger charge is -2.47. The third kappa shape index (κ3) is 2.63. The van der Waals surface area contributed by atoms with E-state index in [-0.39, 0.29) is 17.4 Å². The molecule has 1 saturated heterocycles. The van der Waals surface area contributed by atoms with Gasteiger partial charge in [0.2, 0.25) is 5.88 Å². The fraction of sp³-hybridized carbons (Fsp3) is 0.235. The number of para-hydroxylation sites is 1. The molecule has 1 aromatic heterocycles. The van der Waals surface area contributed by atoms with Crippen LogP contribution < -0.4 is 4.74 Å². The Labute approximate surface area is 133 Å². The third-order valence-corrected chi connectivity index (χ3v) is 4.08. The van der Waals surface area contributed by atoms with Gasteiger partial charge in [0, 0.05) is 12.7 Å². The second-order valence-corrected chi connectivity index (χ2v) is 5.56. The number of carboxylic acid groups (broad SMARTS) is 1. The molecule has 6 heteroatoms. The van der Waals surface area contributed by atoms with E-state index in [1.54, 1.807) is 31.2 Å². The number of aromatic nitrogens is 1. The number of rotatable bonds is 4. The normalized spacial score (nSPS) is 19.8. The number of hydrogen-bond acceptors (Lipinski definition) is 4. The summed E-state index contributed by atoms with van der Waals surface area (Å²) in [5.74, 6) is -0.667. The smallest absolute Gasteiger partial charge is 0.329 e. The van der Waals surface area contributed by atoms with Gasteiger partial charge in [-0.05, 0) is 37.6 Å². The molecular weight excluding hydrogens is 296 g/mol. The Hall–Kier alpha value is -2.89. The standard InChI is InChI=1S/C17H16N2O4/c1-17(16(21)22)9-11-19(17)15(20)13-8-5-10-18-14(13)23-12-6-3-2-4-7-12/h2-8,10H,9,11H2,1H3,(H,21,22). The summed E-state index contributed by atoms with van der Waals surface area (Å²) in [5.41, 5.74) is -0.916. The summed E-state index contributed by atoms with van der Waals surface area (Å²) < 4.78 is 5.67. The average molecular weight is 312 g/mol. The van der Waals surface area contributed by atoms with Crippen molar-refractivity contribution in [2.75, 3.05) is 6.54 Å². The van der Waals surface area contributed by atoms with Crippen molar-refractivity contribution in [1.29, 1.82) is 0 Å². The van der Waals surface area contributed by atoms with E-state index < -0.39 is 11.5 Å². The Balaban J connectivity index is 1.89. The van der Waals surface area contributed by atoms with Crippen LogP contribution in [0.5, 0.6) is 11.6 Å². The molecule has 118 valence electrons. The quantitative estimate of drug-likeness (QED) is 0.938. The Kier molecular flexibility index (Phi) is 3.73. The van der Waals surface area contributed by atoms with Crippen LogP contribution in [0.25, 0.3) is 0 Å². The zero-order valence-electron chi connectivity index (χ0n) is 12.6. The number of hydrogen-bond donors (Lipinski definition) is 1. The molecule has 1 aromatic carbocycles. The number of benzene rings is 1. The van der Waals surface area contributed by atoms with Gasteiger partial charge in [0.1, 0.15) is 16.9 Å². The van der Waals surface area contributed by atoms with Gasteiger partial charge < -0.3 is 14.7 Å². The first kappa shape index (κ1) is 15.0. The van der Waals surface area contributed by atoms with Crippen molar-refractivity contribution >= 4 is 11.9 Å². The third-order valence-electron chi connectivity index (χ3n) is 4.08. The molecule has 1 unspecified atom stereocenters. The summed E-state index contributed by atoms with van der Waals surface area (Å²) in [6.45, 7) is 1.95. The monoisotopic (exact) mass is 312 g/mol. The van der Waals surface area contributed by atoms with Gasteiger partial charge in [0.05, 0.1) is 0 Å². The molecule has 0 radical (unpaired) electrons. The maximum Gasteiger partial charge on any atom is 0.329 e. The molecule has 1 atom stereocenters. The van der Waals surface area contributed by atoms with Crippen molar-refractivity contribution < 1.29 is 19.4 Å². The first-order valence-corrected chi connectivity index (χ1v) is 7.25. The first-order valence-electron chi connectivity index (χ1n) is 7.25. The molecular formula is C17H16N2O4. The van der Waals surface area contributed by atoms with Crippen LogP contribution in [0.1, 0.15) is 23.7 Å². The molecule has 1 N–H and O–H groups in total. The van der Waals surface area contributed by atoms with E-state index in [9.17, 15) is 14.7 Å². The minimum Gasteiger partial charge on any atom is -0.480 e. The highest BCUT2D eigenvalue weighted by atomic mass is 16.5. The lowest BCUT2D eigenvalue weighted by molar-refractivity contribution is -0.155. The van der Waals surface area contributed by atoms with Crippen molar-refractivity contribution in [1.82, 2.24) is 9.88 Å². The number of amides is 1. The van der Waals surface area contributed by atoms with Crippen LogP contribution in [0.15, 0.2) is 48.7 Å². The van der Waals surface area contributed by atoms with E-state index in [1.165, 1.54) is 11.1 Å². The Morgan fingerprint density at radius 3 is 2.57 bits per heavy atom. The summed E-state index contributed by atoms with van der Waals surface area (Å²) in [6, 6.07) is 12.2. The van der Waals surface area contributed by atoms with Crippen molar-refractivity contribution in [3.8, 4) is 11.6 Å². The minimum absolute atomic E-state index is 0.170. The van der Waals surface area contributed by atoms with Crippen LogP contribution >= 0.6 is 0 Å². The molecule has 1 fully saturated rings. The molecule has 2 aromatic rings. The lowest BCUT2D eigenvalue weighted by Crippen LogP contribution is -2.64. The largest absolute Gasteiger partial charge is 0.480 e. The van der Waals surface area contributed by atoms with Gasteiger partial charge in [-0.1, -0.05) is 18.2 Å². The summed E-state index contributed by atoms with van der Waals surface area (Å²) in [7, 11) is 0. The first-order chi connectivity index (χ1) is 11.0. The zero-order chi connectivity index (χ0) is 16.4. The van der Waals surface area contributed by atoms with Crippen LogP contribution in [0.4, 0.5) is 0 Å². The molecule has 23 heavy (non-hydrogen) atoms. The van der Waals surface area contributed by atoms with Crippen LogP contribution in [0.3, 0.4) is 0 Å². The summed E-state index contributed by atoms with van der Waals surface area (Å²) in [5, 5.41) is 9.32. The maximum absolute atomic E-state index is 12.7. The second kappa shape index (κ2) is 5.72. The molecule has 1 aliphatic rings. The SMILES string of the molecule is CC1(C(=O)O)CCN1C(=O)c1cccnc1Oc1ccccc1. The molecule has 1 aliphatic heterocycles. The fourth-order valence-electron chi connectivity index (χ4n) is 2.49. The average Bonchev–Trinajstić information content (AvgIpc) is 2.54. The van der Waals surface area contributed by atoms with Gasteiger partial charge in [-0.25, -0.2) is 9.78 Å². The van der Waals surface area contributed by atoms with E-state index in [0.29, 0.717) is 18.7 Å². The van der Waals surface area contributed by atoms with Crippen molar-refractivity contribution in [3.05, 3.63) is 54.2 Å². The van der Waals surface area contributed by atoms with Gasteiger partial charge in [0.15, 0.2) is 0 Å². The predicted octanol–water partition coefficient (Wildman–Crippen LogP) is 2.56. The molecule has 0 bridgehead atoms. The van der Waals surface area contributed by atoms with Crippen molar-refractivity contribution in [3.63, 3.8) is 0 Å². The number of ether oxygens (including phenoxy) is 1. The summed E-state index contributed by atoms with van der Waals surface area (Å²) in [6.07, 6.45) is 1.96. The predicted molar refractivity (Wildman–Crippen MR) is 82.4 cm³/mol. The fourth-order valence-corrected chi connectivity index (χ4v) is 2.49. The van der Waals surface area contributed by atoms with Crippen molar-refractivity contribution in [2.24, 2.45) is 0 Å². The molecule has 1 amide bonds. The Morgan fingerprint density at radius 1 is 1.22 bits per heavy atom. The van der Waals surface area contributed by atoms with Gasteiger partial charge in [-0.3, -0.25) is 4.79 Å². The number of likely N-dealkylation sites (tertiary alicyclic amines) is 1. The van der Waals surface area contributed by atoms with E-state index in [1.807, 2.05) is 18.2 Å². The molecule has 0 spiro atoms. The van der Waals surface area contributed by atoms with E-state index in [0.717, 1.165) is 0 Å². The number of carbonyl (C=O) groups excluding carboxylic acids is 1. The number of pyridine rings is 1. The van der Waals surface area contributed by atoms with E-state index >= 15 is 0 Å². The van der Waals surface area contributed by atoms with Crippen LogP contribution in [-0.4, -0.2) is 39.0 Å². The van der Waals surface area contributed by atoms with Gasteiger partial charge in [0.25, 0.3) is 5.91 Å². The highest BCUT2D eigenvalue weighted by Crippen LogP contribution is 2.34. The van der Waals surface area contributed by atoms with E-state index in [2.05, 4.69) is 4.98 Å². The topological polar surface area (TPSA) is 79.7 Å². The molecule has 0 aliphatic carbocycles. The number of carbonyl (C=O) groups is 2. The summed E-state index contributed by atoms with van der Waals surface area (Å²) >= 11 is 0. The number of aliphatic carboxylic acids is 1. The minimum atomic E-state index is -1.17. The molecule has 0 saturated carbocycles. The van der Waals surface area contributed by atoms with Crippen LogP contribution in [-0.2, 0) is 4.79 Å². The van der Waals surface area contributed by atoms with Gasteiger partial charge >= 0.3 is 5.97 Å². The molecule has 2 heterocycles. The number of carboxylic acids is 1. The zero-order valence-corrected chi connectivity index (χ0v) is 12.6. The van der Waals surface area contributed by atoms with Gasteiger partial charge in [-0.2, -0.15) is 0 Å². The second-order valence-electron chi connectivity index (χ2n) is 5.56. The molecule has 6 nitrogen and oxygen atoms in total. The van der Waals surface area contributed by atoms with Crippen molar-refractivity contribution in [2.45, 2.75) is 18.9 Å². The Morgan fingerprint density at radius 2 is 1.96 bits per heavy atom. The highest BCUT2D eigenvalue weighted by molar-refractivity contribution is 6.00. The number of nitrogens with zero attached hydrogens (tertiary/aromatic N) is 2. The summed E-state index contributed by atoms with van der Waals surface area (Å²) in [4.78, 5) is 29.5. The van der Waals surface area contributed by atoms with E-state index in [4.69, 9.17) is 4.74 Å². The van der Waals surface area contributed by atoms with Crippen LogP contribution in [0, 0.1) is 0 Å². The Bertz CT molecular complexity index is 747. The lowest BCUT2D eigenvalue weighted by atomic mass is 9.86.